The second-order valence-electron chi connectivity index (χ2n) is 9.26. The van der Waals surface area contributed by atoms with E-state index in [9.17, 15) is 14.4 Å². The van der Waals surface area contributed by atoms with Crippen molar-refractivity contribution in [3.05, 3.63) is 47.0 Å². The molecule has 2 bridgehead atoms. The Kier molecular flexibility index (Phi) is 4.19. The Hall–Kier alpha value is -2.43. The van der Waals surface area contributed by atoms with Gasteiger partial charge < -0.3 is 4.90 Å². The third-order valence-corrected chi connectivity index (χ3v) is 7.70. The molecule has 5 rings (SSSR count). The number of rotatable bonds is 3. The van der Waals surface area contributed by atoms with E-state index in [1.54, 1.807) is 6.92 Å². The fraction of sp³-hybridized carbons (Fsp3) is 0.542. The second kappa shape index (κ2) is 6.54. The lowest BCUT2D eigenvalue weighted by molar-refractivity contribution is -0.152. The van der Waals surface area contributed by atoms with E-state index >= 15 is 0 Å². The number of carbonyl (C=O) groups is 3. The van der Waals surface area contributed by atoms with E-state index < -0.39 is 6.04 Å². The lowest BCUT2D eigenvalue weighted by Gasteiger charge is -2.31. The maximum absolute atomic E-state index is 13.4. The molecule has 3 amide bonds. The molecule has 2 heterocycles. The van der Waals surface area contributed by atoms with Crippen molar-refractivity contribution in [1.29, 1.82) is 0 Å². The minimum absolute atomic E-state index is 0.0226. The van der Waals surface area contributed by atoms with E-state index in [0.717, 1.165) is 24.8 Å². The Morgan fingerprint density at radius 3 is 2.31 bits per heavy atom. The maximum Gasteiger partial charge on any atom is 0.246 e. The summed E-state index contributed by atoms with van der Waals surface area (Å²) >= 11 is 0. The predicted octanol–water partition coefficient (Wildman–Crippen LogP) is 3.16. The fourth-order valence-electron chi connectivity index (χ4n) is 6.01. The molecule has 5 nitrogen and oxygen atoms in total. The van der Waals surface area contributed by atoms with Gasteiger partial charge >= 0.3 is 0 Å². The molecule has 0 spiro atoms. The SMILES string of the molecule is Cc1ccc(C2CCCN2C(=O)C(C)N2C(=O)C3C4C=CC(C4)C3C2=O)cc1C. The molecule has 2 aliphatic heterocycles. The summed E-state index contributed by atoms with van der Waals surface area (Å²) in [5.74, 6) is -0.539. The lowest BCUT2D eigenvalue weighted by atomic mass is 9.85. The molecule has 152 valence electrons. The van der Waals surface area contributed by atoms with Crippen molar-refractivity contribution in [3.8, 4) is 0 Å². The number of nitrogens with zero attached hydrogens (tertiary/aromatic N) is 2. The number of amides is 3. The molecule has 29 heavy (non-hydrogen) atoms. The van der Waals surface area contributed by atoms with Crippen LogP contribution in [-0.2, 0) is 14.4 Å². The number of likely N-dealkylation sites (tertiary alicyclic amines) is 2. The number of allylic oxidation sites excluding steroid dienone is 2. The largest absolute Gasteiger partial charge is 0.334 e. The van der Waals surface area contributed by atoms with Gasteiger partial charge in [-0.1, -0.05) is 30.4 Å². The molecule has 2 saturated heterocycles. The van der Waals surface area contributed by atoms with Crippen molar-refractivity contribution in [3.63, 3.8) is 0 Å². The molecule has 0 N–H and O–H groups in total. The van der Waals surface area contributed by atoms with Crippen molar-refractivity contribution >= 4 is 17.7 Å². The minimum Gasteiger partial charge on any atom is -0.334 e. The van der Waals surface area contributed by atoms with Gasteiger partial charge in [0.25, 0.3) is 0 Å². The number of aryl methyl sites for hydroxylation is 2. The van der Waals surface area contributed by atoms with Gasteiger partial charge in [-0.2, -0.15) is 0 Å². The van der Waals surface area contributed by atoms with Crippen LogP contribution in [0.3, 0.4) is 0 Å². The van der Waals surface area contributed by atoms with Gasteiger partial charge in [0.15, 0.2) is 0 Å². The highest BCUT2D eigenvalue weighted by molar-refractivity contribution is 6.09. The van der Waals surface area contributed by atoms with Gasteiger partial charge in [-0.3, -0.25) is 19.3 Å². The van der Waals surface area contributed by atoms with Crippen LogP contribution in [0, 0.1) is 37.5 Å². The average molecular weight is 392 g/mol. The van der Waals surface area contributed by atoms with Crippen molar-refractivity contribution in [2.45, 2.75) is 52.1 Å². The van der Waals surface area contributed by atoms with Crippen LogP contribution in [0.1, 0.15) is 48.9 Å². The third-order valence-electron chi connectivity index (χ3n) is 7.70. The summed E-state index contributed by atoms with van der Waals surface area (Å²) in [5, 5.41) is 0. The van der Waals surface area contributed by atoms with Gasteiger partial charge in [0.05, 0.1) is 17.9 Å². The molecule has 4 aliphatic rings. The fourth-order valence-corrected chi connectivity index (χ4v) is 6.01. The maximum atomic E-state index is 13.4. The minimum atomic E-state index is -0.729. The van der Waals surface area contributed by atoms with E-state index in [4.69, 9.17) is 0 Å². The molecular formula is C24H28N2O3. The van der Waals surface area contributed by atoms with E-state index in [0.29, 0.717) is 6.54 Å². The Morgan fingerprint density at radius 1 is 1.03 bits per heavy atom. The van der Waals surface area contributed by atoms with Crippen molar-refractivity contribution in [2.75, 3.05) is 6.54 Å². The highest BCUT2D eigenvalue weighted by atomic mass is 16.2. The molecule has 2 aliphatic carbocycles. The van der Waals surface area contributed by atoms with Crippen molar-refractivity contribution in [2.24, 2.45) is 23.7 Å². The van der Waals surface area contributed by atoms with Gasteiger partial charge in [0.1, 0.15) is 6.04 Å². The molecule has 3 fully saturated rings. The second-order valence-corrected chi connectivity index (χ2v) is 9.26. The van der Waals surface area contributed by atoms with Gasteiger partial charge in [-0.25, -0.2) is 0 Å². The van der Waals surface area contributed by atoms with Crippen LogP contribution in [0.4, 0.5) is 0 Å². The number of hydrogen-bond donors (Lipinski definition) is 0. The molecule has 0 aromatic heterocycles. The average Bonchev–Trinajstić information content (AvgIpc) is 3.47. The summed E-state index contributed by atoms with van der Waals surface area (Å²) in [4.78, 5) is 42.8. The van der Waals surface area contributed by atoms with Crippen LogP contribution in [0.2, 0.25) is 0 Å². The molecule has 6 atom stereocenters. The summed E-state index contributed by atoms with van der Waals surface area (Å²) in [6.45, 7) is 6.58. The summed E-state index contributed by atoms with van der Waals surface area (Å²) in [5.41, 5.74) is 3.60. The number of hydrogen-bond acceptors (Lipinski definition) is 3. The van der Waals surface area contributed by atoms with Gasteiger partial charge in [0, 0.05) is 6.54 Å². The Morgan fingerprint density at radius 2 is 1.69 bits per heavy atom. The summed E-state index contributed by atoms with van der Waals surface area (Å²) < 4.78 is 0. The first-order chi connectivity index (χ1) is 13.9. The zero-order chi connectivity index (χ0) is 20.4. The Labute approximate surface area is 171 Å². The van der Waals surface area contributed by atoms with Gasteiger partial charge in [-0.05, 0) is 68.6 Å². The summed E-state index contributed by atoms with van der Waals surface area (Å²) in [6.07, 6.45) is 6.94. The van der Waals surface area contributed by atoms with Crippen molar-refractivity contribution < 1.29 is 14.4 Å². The number of fused-ring (bicyclic) bond motifs is 5. The predicted molar refractivity (Wildman–Crippen MR) is 109 cm³/mol. The van der Waals surface area contributed by atoms with Crippen LogP contribution in [-0.4, -0.2) is 40.1 Å². The van der Waals surface area contributed by atoms with Crippen LogP contribution < -0.4 is 0 Å². The summed E-state index contributed by atoms with van der Waals surface area (Å²) in [7, 11) is 0. The zero-order valence-corrected chi connectivity index (χ0v) is 17.3. The smallest absolute Gasteiger partial charge is 0.246 e. The first-order valence-electron chi connectivity index (χ1n) is 10.8. The van der Waals surface area contributed by atoms with Crippen LogP contribution in [0.15, 0.2) is 30.4 Å². The molecular weight excluding hydrogens is 364 g/mol. The highest BCUT2D eigenvalue weighted by Gasteiger charge is 2.60. The Balaban J connectivity index is 1.38. The number of imide groups is 1. The number of carbonyl (C=O) groups excluding carboxylic acids is 3. The van der Waals surface area contributed by atoms with Crippen LogP contribution in [0.25, 0.3) is 0 Å². The topological polar surface area (TPSA) is 57.7 Å². The van der Waals surface area contributed by atoms with Gasteiger partial charge in [0.2, 0.25) is 17.7 Å². The normalized spacial score (nSPS) is 33.7. The van der Waals surface area contributed by atoms with E-state index in [1.165, 1.54) is 16.0 Å². The third kappa shape index (κ3) is 2.62. The zero-order valence-electron chi connectivity index (χ0n) is 17.3. The molecule has 1 saturated carbocycles. The quantitative estimate of drug-likeness (QED) is 0.586. The van der Waals surface area contributed by atoms with Gasteiger partial charge in [-0.15, -0.1) is 0 Å². The molecule has 0 radical (unpaired) electrons. The van der Waals surface area contributed by atoms with E-state index in [1.807, 2.05) is 4.90 Å². The van der Waals surface area contributed by atoms with E-state index in [-0.39, 0.29) is 47.4 Å². The van der Waals surface area contributed by atoms with Crippen LogP contribution >= 0.6 is 0 Å². The molecule has 5 heteroatoms. The first-order valence-corrected chi connectivity index (χ1v) is 10.8. The number of benzene rings is 1. The van der Waals surface area contributed by atoms with Crippen LogP contribution in [0.5, 0.6) is 0 Å². The molecule has 1 aromatic carbocycles. The first kappa shape index (κ1) is 18.6. The lowest BCUT2D eigenvalue weighted by Crippen LogP contribution is -2.50. The monoisotopic (exact) mass is 392 g/mol. The Bertz CT molecular complexity index is 906. The standard InChI is InChI=1S/C24H28N2O3/c1-13-6-7-16(11-14(13)2)19-5-4-10-25(19)22(27)15(3)26-23(28)20-17-8-9-18(12-17)21(20)24(26)29/h6-9,11,15,17-21H,4-5,10,12H2,1-3H3. The summed E-state index contributed by atoms with van der Waals surface area (Å²) in [6, 6.07) is 5.66. The van der Waals surface area contributed by atoms with Crippen molar-refractivity contribution in [1.82, 2.24) is 9.80 Å². The molecule has 6 unspecified atom stereocenters. The molecule has 1 aromatic rings. The highest BCUT2D eigenvalue weighted by Crippen LogP contribution is 2.53. The van der Waals surface area contributed by atoms with E-state index in [2.05, 4.69) is 44.2 Å².